The topological polar surface area (TPSA) is 67.8 Å². The summed E-state index contributed by atoms with van der Waals surface area (Å²) in [5.41, 5.74) is 0.951. The molecule has 0 aliphatic rings. The lowest BCUT2D eigenvalue weighted by Crippen LogP contribution is -2.28. The van der Waals surface area contributed by atoms with E-state index in [9.17, 15) is 4.79 Å². The van der Waals surface area contributed by atoms with Gasteiger partial charge in [-0.2, -0.15) is 0 Å². The fourth-order valence-corrected chi connectivity index (χ4v) is 1.27. The third-order valence-corrected chi connectivity index (χ3v) is 2.18. The summed E-state index contributed by atoms with van der Waals surface area (Å²) in [4.78, 5) is 11.3. The second-order valence-electron chi connectivity index (χ2n) is 3.68. The van der Waals surface area contributed by atoms with Crippen molar-refractivity contribution in [2.24, 2.45) is 0 Å². The lowest BCUT2D eigenvalue weighted by Gasteiger charge is -2.07. The Labute approximate surface area is 107 Å². The second-order valence-corrected chi connectivity index (χ2v) is 3.68. The van der Waals surface area contributed by atoms with Gasteiger partial charge in [-0.15, -0.1) is 0 Å². The van der Waals surface area contributed by atoms with Crippen LogP contribution in [0.25, 0.3) is 0 Å². The first kappa shape index (κ1) is 14.5. The molecule has 1 amide bonds. The van der Waals surface area contributed by atoms with E-state index < -0.39 is 6.09 Å². The SMILES string of the molecule is O=C(NCCOCCCO)OCc1ccccc1. The molecule has 0 heterocycles. The van der Waals surface area contributed by atoms with Gasteiger partial charge in [0.1, 0.15) is 6.61 Å². The number of nitrogens with one attached hydrogen (secondary N) is 1. The summed E-state index contributed by atoms with van der Waals surface area (Å²) in [6.07, 6.45) is 0.156. The molecule has 0 spiro atoms. The number of hydrogen-bond donors (Lipinski definition) is 2. The Morgan fingerprint density at radius 2 is 2.00 bits per heavy atom. The molecule has 1 aromatic rings. The Hall–Kier alpha value is -1.59. The molecule has 0 bridgehead atoms. The second kappa shape index (κ2) is 9.44. The first-order valence-electron chi connectivity index (χ1n) is 5.96. The summed E-state index contributed by atoms with van der Waals surface area (Å²) in [6.45, 7) is 1.70. The number of hydrogen-bond acceptors (Lipinski definition) is 4. The van der Waals surface area contributed by atoms with Crippen LogP contribution in [0.1, 0.15) is 12.0 Å². The standard InChI is InChI=1S/C13H19NO4/c15-8-4-9-17-10-7-14-13(16)18-11-12-5-2-1-3-6-12/h1-3,5-6,15H,4,7-11H2,(H,14,16). The van der Waals surface area contributed by atoms with E-state index in [0.29, 0.717) is 26.2 Å². The van der Waals surface area contributed by atoms with E-state index >= 15 is 0 Å². The predicted molar refractivity (Wildman–Crippen MR) is 67.2 cm³/mol. The van der Waals surface area contributed by atoms with Crippen LogP contribution in [0.15, 0.2) is 30.3 Å². The molecule has 0 atom stereocenters. The van der Waals surface area contributed by atoms with Gasteiger partial charge < -0.3 is 19.9 Å². The Morgan fingerprint density at radius 1 is 1.22 bits per heavy atom. The van der Waals surface area contributed by atoms with Gasteiger partial charge in [-0.3, -0.25) is 0 Å². The van der Waals surface area contributed by atoms with Crippen molar-refractivity contribution in [3.05, 3.63) is 35.9 Å². The van der Waals surface area contributed by atoms with Crippen LogP contribution in [0.4, 0.5) is 4.79 Å². The van der Waals surface area contributed by atoms with Crippen molar-refractivity contribution >= 4 is 6.09 Å². The van der Waals surface area contributed by atoms with Crippen molar-refractivity contribution in [1.82, 2.24) is 5.32 Å². The van der Waals surface area contributed by atoms with Gasteiger partial charge in [0.25, 0.3) is 0 Å². The van der Waals surface area contributed by atoms with E-state index in [1.54, 1.807) is 0 Å². The highest BCUT2D eigenvalue weighted by molar-refractivity contribution is 5.67. The third kappa shape index (κ3) is 6.88. The van der Waals surface area contributed by atoms with Crippen molar-refractivity contribution in [2.45, 2.75) is 13.0 Å². The molecule has 5 nitrogen and oxygen atoms in total. The molecule has 0 fully saturated rings. The monoisotopic (exact) mass is 253 g/mol. The van der Waals surface area contributed by atoms with Gasteiger partial charge in [-0.05, 0) is 12.0 Å². The normalized spacial score (nSPS) is 10.1. The van der Waals surface area contributed by atoms with Crippen LogP contribution < -0.4 is 5.32 Å². The molecule has 0 aliphatic carbocycles. The number of ether oxygens (including phenoxy) is 2. The Bertz CT molecular complexity index is 329. The molecule has 2 N–H and O–H groups in total. The van der Waals surface area contributed by atoms with Crippen LogP contribution in [0, 0.1) is 0 Å². The highest BCUT2D eigenvalue weighted by atomic mass is 16.5. The molecular formula is C13H19NO4. The van der Waals surface area contributed by atoms with Crippen LogP contribution in [0.5, 0.6) is 0 Å². The van der Waals surface area contributed by atoms with Crippen molar-refractivity contribution in [2.75, 3.05) is 26.4 Å². The van der Waals surface area contributed by atoms with Crippen LogP contribution >= 0.6 is 0 Å². The summed E-state index contributed by atoms with van der Waals surface area (Å²) in [7, 11) is 0. The number of alkyl carbamates (subject to hydrolysis) is 1. The molecule has 5 heteroatoms. The first-order chi connectivity index (χ1) is 8.83. The van der Waals surface area contributed by atoms with Gasteiger partial charge in [0.15, 0.2) is 0 Å². The number of aliphatic hydroxyl groups is 1. The molecule has 1 aromatic carbocycles. The zero-order valence-corrected chi connectivity index (χ0v) is 10.3. The van der Waals surface area contributed by atoms with Gasteiger partial charge in [-0.25, -0.2) is 4.79 Å². The molecule has 0 saturated heterocycles. The lowest BCUT2D eigenvalue weighted by atomic mass is 10.2. The highest BCUT2D eigenvalue weighted by Crippen LogP contribution is 2.00. The van der Waals surface area contributed by atoms with Crippen molar-refractivity contribution in [3.63, 3.8) is 0 Å². The number of aliphatic hydroxyl groups excluding tert-OH is 1. The van der Waals surface area contributed by atoms with E-state index in [1.165, 1.54) is 0 Å². The quantitative estimate of drug-likeness (QED) is 0.685. The minimum atomic E-state index is -0.454. The average Bonchev–Trinajstić information content (AvgIpc) is 2.41. The van der Waals surface area contributed by atoms with E-state index in [0.717, 1.165) is 5.56 Å². The number of amides is 1. The fraction of sp³-hybridized carbons (Fsp3) is 0.462. The average molecular weight is 253 g/mol. The molecule has 0 radical (unpaired) electrons. The Balaban J connectivity index is 2.01. The number of rotatable bonds is 8. The molecule has 18 heavy (non-hydrogen) atoms. The zero-order valence-electron chi connectivity index (χ0n) is 10.3. The number of carbonyl (C=O) groups is 1. The molecule has 0 aliphatic heterocycles. The van der Waals surface area contributed by atoms with Gasteiger partial charge in [0.2, 0.25) is 0 Å². The summed E-state index contributed by atoms with van der Waals surface area (Å²) in [5.74, 6) is 0. The maximum Gasteiger partial charge on any atom is 0.407 e. The first-order valence-corrected chi connectivity index (χ1v) is 5.96. The van der Waals surface area contributed by atoms with Gasteiger partial charge in [-0.1, -0.05) is 30.3 Å². The molecule has 1 rings (SSSR count). The van der Waals surface area contributed by atoms with Crippen molar-refractivity contribution in [3.8, 4) is 0 Å². The predicted octanol–water partition coefficient (Wildman–Crippen LogP) is 1.31. The van der Waals surface area contributed by atoms with Crippen LogP contribution in [-0.2, 0) is 16.1 Å². The third-order valence-electron chi connectivity index (χ3n) is 2.18. The molecular weight excluding hydrogens is 234 g/mol. The Morgan fingerprint density at radius 3 is 2.72 bits per heavy atom. The van der Waals surface area contributed by atoms with Gasteiger partial charge in [0, 0.05) is 19.8 Å². The fourth-order valence-electron chi connectivity index (χ4n) is 1.27. The minimum Gasteiger partial charge on any atom is -0.445 e. The maximum atomic E-state index is 11.3. The highest BCUT2D eigenvalue weighted by Gasteiger charge is 2.01. The van der Waals surface area contributed by atoms with Gasteiger partial charge in [0.05, 0.1) is 6.61 Å². The smallest absolute Gasteiger partial charge is 0.407 e. The van der Waals surface area contributed by atoms with E-state index in [4.69, 9.17) is 14.6 Å². The molecule has 0 saturated carbocycles. The zero-order chi connectivity index (χ0) is 13.1. The summed E-state index contributed by atoms with van der Waals surface area (Å²) in [5, 5.41) is 11.1. The van der Waals surface area contributed by atoms with Crippen LogP contribution in [0.2, 0.25) is 0 Å². The summed E-state index contributed by atoms with van der Waals surface area (Å²) >= 11 is 0. The minimum absolute atomic E-state index is 0.118. The van der Waals surface area contributed by atoms with Crippen LogP contribution in [0.3, 0.4) is 0 Å². The van der Waals surface area contributed by atoms with E-state index in [-0.39, 0.29) is 13.2 Å². The number of benzene rings is 1. The van der Waals surface area contributed by atoms with E-state index in [1.807, 2.05) is 30.3 Å². The summed E-state index contributed by atoms with van der Waals surface area (Å²) < 4.78 is 10.2. The lowest BCUT2D eigenvalue weighted by molar-refractivity contribution is 0.108. The molecule has 0 aromatic heterocycles. The van der Waals surface area contributed by atoms with Crippen molar-refractivity contribution < 1.29 is 19.4 Å². The molecule has 0 unspecified atom stereocenters. The Kier molecular flexibility index (Phi) is 7.59. The van der Waals surface area contributed by atoms with Crippen molar-refractivity contribution in [1.29, 1.82) is 0 Å². The summed E-state index contributed by atoms with van der Waals surface area (Å²) in [6, 6.07) is 9.49. The van der Waals surface area contributed by atoms with E-state index in [2.05, 4.69) is 5.32 Å². The van der Waals surface area contributed by atoms with Crippen LogP contribution in [-0.4, -0.2) is 37.6 Å². The largest absolute Gasteiger partial charge is 0.445 e. The maximum absolute atomic E-state index is 11.3. The molecule has 100 valence electrons. The van der Waals surface area contributed by atoms with Gasteiger partial charge >= 0.3 is 6.09 Å². The number of carbonyl (C=O) groups excluding carboxylic acids is 1.